The maximum atomic E-state index is 14.4. The van der Waals surface area contributed by atoms with Gasteiger partial charge in [0.15, 0.2) is 5.82 Å². The summed E-state index contributed by atoms with van der Waals surface area (Å²) in [6, 6.07) is 16.9. The normalized spacial score (nSPS) is 15.0. The monoisotopic (exact) mass is 533 g/mol. The number of nitrogen functional groups attached to an aromatic ring is 1. The molecule has 11 nitrogen and oxygen atoms in total. The van der Waals surface area contributed by atoms with Gasteiger partial charge in [-0.05, 0) is 43.5 Å². The third kappa shape index (κ3) is 4.24. The Balaban J connectivity index is 1.60. The third-order valence-electron chi connectivity index (χ3n) is 7.23. The summed E-state index contributed by atoms with van der Waals surface area (Å²) in [5, 5.41) is 24.0. The molecule has 0 unspecified atom stereocenters. The smallest absolute Gasteiger partial charge is 0.266 e. The van der Waals surface area contributed by atoms with Gasteiger partial charge in [0.05, 0.1) is 47.7 Å². The first-order chi connectivity index (χ1) is 19.5. The van der Waals surface area contributed by atoms with Gasteiger partial charge in [-0.3, -0.25) is 14.0 Å². The summed E-state index contributed by atoms with van der Waals surface area (Å²) in [6.07, 6.45) is 5.04. The minimum absolute atomic E-state index is 0.0364. The molecule has 3 aromatic heterocycles. The zero-order valence-electron chi connectivity index (χ0n) is 21.9. The minimum atomic E-state index is -0.325. The van der Waals surface area contributed by atoms with Crippen molar-refractivity contribution < 1.29 is 5.11 Å². The number of aromatic nitrogens is 6. The van der Waals surface area contributed by atoms with E-state index < -0.39 is 0 Å². The number of nitrogens with two attached hydrogens (primary N) is 1. The highest BCUT2D eigenvalue weighted by molar-refractivity contribution is 5.94. The second-order valence-corrected chi connectivity index (χ2v) is 9.69. The molecule has 0 bridgehead atoms. The highest BCUT2D eigenvalue weighted by Crippen LogP contribution is 2.38. The molecule has 1 atom stereocenters. The number of benzene rings is 2. The summed E-state index contributed by atoms with van der Waals surface area (Å²) in [7, 11) is 0. The van der Waals surface area contributed by atoms with Gasteiger partial charge >= 0.3 is 0 Å². The average molecular weight is 534 g/mol. The Kier molecular flexibility index (Phi) is 6.45. The molecular weight excluding hydrogens is 506 g/mol. The topological polar surface area (TPSA) is 152 Å². The van der Waals surface area contributed by atoms with E-state index in [0.29, 0.717) is 64.6 Å². The number of hydrogen-bond acceptors (Lipinski definition) is 9. The van der Waals surface area contributed by atoms with Gasteiger partial charge in [-0.2, -0.15) is 15.3 Å². The Morgan fingerprint density at radius 2 is 1.95 bits per heavy atom. The highest BCUT2D eigenvalue weighted by Gasteiger charge is 2.34. The van der Waals surface area contributed by atoms with Crippen LogP contribution in [0.5, 0.6) is 0 Å². The Hall–Kier alpha value is -5.08. The van der Waals surface area contributed by atoms with E-state index in [4.69, 9.17) is 10.7 Å². The van der Waals surface area contributed by atoms with Crippen LogP contribution in [0.3, 0.4) is 0 Å². The average Bonchev–Trinajstić information content (AvgIpc) is 3.63. The molecule has 11 heteroatoms. The van der Waals surface area contributed by atoms with Gasteiger partial charge in [-0.25, -0.2) is 9.97 Å². The first-order valence-electron chi connectivity index (χ1n) is 13.1. The molecule has 0 amide bonds. The number of rotatable bonds is 6. The van der Waals surface area contributed by atoms with Gasteiger partial charge in [0, 0.05) is 18.3 Å². The molecule has 6 rings (SSSR count). The molecule has 1 fully saturated rings. The van der Waals surface area contributed by atoms with E-state index in [2.05, 4.69) is 21.1 Å². The summed E-state index contributed by atoms with van der Waals surface area (Å²) in [5.41, 5.74) is 9.38. The van der Waals surface area contributed by atoms with Gasteiger partial charge in [-0.1, -0.05) is 30.3 Å². The fraction of sp³-hybridized carbons (Fsp3) is 0.241. The van der Waals surface area contributed by atoms with Crippen molar-refractivity contribution in [2.45, 2.75) is 32.4 Å². The molecule has 0 radical (unpaired) electrons. The van der Waals surface area contributed by atoms with Gasteiger partial charge in [0.1, 0.15) is 17.5 Å². The van der Waals surface area contributed by atoms with E-state index >= 15 is 0 Å². The van der Waals surface area contributed by atoms with Crippen LogP contribution >= 0.6 is 0 Å². The van der Waals surface area contributed by atoms with Crippen LogP contribution in [0.2, 0.25) is 0 Å². The number of fused-ring (bicyclic) bond motifs is 1. The Bertz CT molecular complexity index is 1820. The molecule has 1 saturated heterocycles. The van der Waals surface area contributed by atoms with Crippen molar-refractivity contribution in [1.82, 2.24) is 29.3 Å². The molecule has 0 spiro atoms. The number of aryl methyl sites for hydroxylation is 1. The molecule has 40 heavy (non-hydrogen) atoms. The quantitative estimate of drug-likeness (QED) is 0.335. The number of aliphatic hydroxyl groups is 1. The van der Waals surface area contributed by atoms with Crippen molar-refractivity contribution in [3.8, 4) is 22.9 Å². The summed E-state index contributed by atoms with van der Waals surface area (Å²) in [5.74, 6) is 1.11. The Labute approximate surface area is 229 Å². The zero-order valence-corrected chi connectivity index (χ0v) is 21.9. The largest absolute Gasteiger partial charge is 0.394 e. The lowest BCUT2D eigenvalue weighted by atomic mass is 10.0. The Morgan fingerprint density at radius 1 is 1.12 bits per heavy atom. The van der Waals surface area contributed by atoms with Gasteiger partial charge < -0.3 is 15.7 Å². The van der Waals surface area contributed by atoms with Crippen molar-refractivity contribution in [3.05, 3.63) is 88.4 Å². The summed E-state index contributed by atoms with van der Waals surface area (Å²) in [6.45, 7) is 2.69. The van der Waals surface area contributed by atoms with Crippen molar-refractivity contribution in [1.29, 1.82) is 5.26 Å². The molecular formula is C29H27N9O2. The van der Waals surface area contributed by atoms with Crippen LogP contribution in [0.1, 0.15) is 36.0 Å². The number of nitriles is 1. The van der Waals surface area contributed by atoms with Crippen LogP contribution < -0.4 is 16.2 Å². The number of anilines is 2. The Morgan fingerprint density at radius 3 is 2.73 bits per heavy atom. The van der Waals surface area contributed by atoms with Crippen LogP contribution in [0.15, 0.2) is 65.7 Å². The second kappa shape index (κ2) is 10.2. The maximum Gasteiger partial charge on any atom is 0.266 e. The van der Waals surface area contributed by atoms with Crippen molar-refractivity contribution in [2.75, 3.05) is 23.8 Å². The van der Waals surface area contributed by atoms with Gasteiger partial charge in [0.2, 0.25) is 5.95 Å². The van der Waals surface area contributed by atoms with E-state index in [1.54, 1.807) is 22.4 Å². The molecule has 2 aromatic carbocycles. The van der Waals surface area contributed by atoms with Crippen molar-refractivity contribution in [2.24, 2.45) is 0 Å². The van der Waals surface area contributed by atoms with E-state index in [1.807, 2.05) is 59.6 Å². The highest BCUT2D eigenvalue weighted by atomic mass is 16.3. The fourth-order valence-electron chi connectivity index (χ4n) is 5.47. The van der Waals surface area contributed by atoms with E-state index in [0.717, 1.165) is 12.0 Å². The van der Waals surface area contributed by atoms with Crippen molar-refractivity contribution >= 4 is 22.7 Å². The summed E-state index contributed by atoms with van der Waals surface area (Å²) >= 11 is 0. The molecule has 1 aliphatic heterocycles. The van der Waals surface area contributed by atoms with Crippen molar-refractivity contribution in [3.63, 3.8) is 0 Å². The summed E-state index contributed by atoms with van der Waals surface area (Å²) < 4.78 is 3.31. The van der Waals surface area contributed by atoms with Crippen LogP contribution in [-0.2, 0) is 6.54 Å². The lowest BCUT2D eigenvalue weighted by Crippen LogP contribution is -2.32. The van der Waals surface area contributed by atoms with Gasteiger partial charge in [0.25, 0.3) is 5.56 Å². The predicted octanol–water partition coefficient (Wildman–Crippen LogP) is 3.14. The molecule has 0 aliphatic carbocycles. The molecule has 4 heterocycles. The lowest BCUT2D eigenvalue weighted by molar-refractivity contribution is 0.269. The fourth-order valence-corrected chi connectivity index (χ4v) is 5.47. The van der Waals surface area contributed by atoms with E-state index in [9.17, 15) is 15.2 Å². The molecule has 1 aliphatic rings. The van der Waals surface area contributed by atoms with Crippen LogP contribution in [0.25, 0.3) is 27.7 Å². The SMILES string of the molecule is Cc1nc(N)nc(N2CCC[C@H]2c2nc3cccc(-c4cnn(CCO)c4)c3c(=O)n2-c2ccccc2)c1C#N. The van der Waals surface area contributed by atoms with Crippen LogP contribution in [-0.4, -0.2) is 47.6 Å². The van der Waals surface area contributed by atoms with Crippen LogP contribution in [0, 0.1) is 18.3 Å². The predicted molar refractivity (Wildman–Crippen MR) is 151 cm³/mol. The first-order valence-corrected chi connectivity index (χ1v) is 13.1. The van der Waals surface area contributed by atoms with E-state index in [-0.39, 0.29) is 24.2 Å². The standard InChI is InChI=1S/C29H27N9O2/c1-18-22(15-30)26(35-29(31)33-18)37-12-6-11-24(37)27-34-23-10-5-9-21(19-16-32-36(17-19)13-14-39)25(23)28(40)38(27)20-7-3-2-4-8-20/h2-5,7-10,16-17,24,39H,6,11-14H2,1H3,(H2,31,33,35)/t24-/m0/s1. The molecule has 5 aromatic rings. The zero-order chi connectivity index (χ0) is 27.8. The number of para-hydroxylation sites is 1. The van der Waals surface area contributed by atoms with Gasteiger partial charge in [-0.15, -0.1) is 0 Å². The first kappa shape index (κ1) is 25.2. The lowest BCUT2D eigenvalue weighted by Gasteiger charge is -2.28. The summed E-state index contributed by atoms with van der Waals surface area (Å²) in [4.78, 5) is 30.2. The number of hydrogen-bond donors (Lipinski definition) is 2. The molecule has 0 saturated carbocycles. The number of nitrogens with zero attached hydrogens (tertiary/aromatic N) is 8. The minimum Gasteiger partial charge on any atom is -0.394 e. The second-order valence-electron chi connectivity index (χ2n) is 9.69. The molecule has 3 N–H and O–H groups in total. The maximum absolute atomic E-state index is 14.4. The third-order valence-corrected chi connectivity index (χ3v) is 7.23. The number of aliphatic hydroxyl groups excluding tert-OH is 1. The molecule has 200 valence electrons. The van der Waals surface area contributed by atoms with E-state index in [1.165, 1.54) is 0 Å². The van der Waals surface area contributed by atoms with Crippen LogP contribution in [0.4, 0.5) is 11.8 Å².